The van der Waals surface area contributed by atoms with E-state index in [2.05, 4.69) is 88.1 Å². The van der Waals surface area contributed by atoms with Crippen molar-refractivity contribution >= 4 is 16.6 Å². The van der Waals surface area contributed by atoms with Crippen LogP contribution in [0.1, 0.15) is 62.4 Å². The number of piperidine rings is 4. The van der Waals surface area contributed by atoms with E-state index in [1.54, 1.807) is 16.7 Å². The number of aromatic amines is 1. The van der Waals surface area contributed by atoms with E-state index in [0.717, 1.165) is 31.4 Å². The smallest absolute Gasteiger partial charge is 0.135 e. The summed E-state index contributed by atoms with van der Waals surface area (Å²) in [7, 11) is 0. The van der Waals surface area contributed by atoms with Crippen LogP contribution < -0.4 is 4.90 Å². The number of para-hydroxylation sites is 2. The summed E-state index contributed by atoms with van der Waals surface area (Å²) in [5.74, 6) is 3.33. The van der Waals surface area contributed by atoms with Gasteiger partial charge in [0.25, 0.3) is 0 Å². The van der Waals surface area contributed by atoms with Crippen LogP contribution >= 0.6 is 0 Å². The lowest BCUT2D eigenvalue weighted by atomic mass is 9.54. The Kier molecular flexibility index (Phi) is 4.80. The maximum atomic E-state index is 7.41. The predicted octanol–water partition coefficient (Wildman–Crippen LogP) is 6.26. The molecule has 9 heterocycles. The van der Waals surface area contributed by atoms with Gasteiger partial charge in [0, 0.05) is 70.8 Å². The molecule has 8 aliphatic heterocycles. The number of fused-ring (bicyclic) bond motifs is 8. The Morgan fingerprint density at radius 1 is 1.07 bits per heavy atom. The summed E-state index contributed by atoms with van der Waals surface area (Å²) in [5.41, 5.74) is 9.52. The molecule has 8 unspecified atom stereocenters. The number of ether oxygens (including phenoxy) is 1. The molecule has 43 heavy (non-hydrogen) atoms. The summed E-state index contributed by atoms with van der Waals surface area (Å²) in [4.78, 5) is 12.7. The Bertz CT molecular complexity index is 1690. The van der Waals surface area contributed by atoms with E-state index in [9.17, 15) is 0 Å². The third-order valence-electron chi connectivity index (χ3n) is 14.5. The molecule has 0 radical (unpaired) electrons. The Labute approximate surface area is 255 Å². The molecule has 9 aliphatic rings. The fraction of sp³-hybridized carbons (Fsp3) is 0.579. The minimum atomic E-state index is 0.148. The number of H-pyrrole nitrogens is 1. The van der Waals surface area contributed by atoms with Crippen molar-refractivity contribution in [3.05, 3.63) is 77.0 Å². The van der Waals surface area contributed by atoms with Crippen LogP contribution in [0.5, 0.6) is 0 Å². The normalized spacial score (nSPS) is 45.9. The Hall–Kier alpha value is -2.60. The molecule has 0 amide bonds. The van der Waals surface area contributed by atoms with E-state index in [0.29, 0.717) is 41.9 Å². The van der Waals surface area contributed by atoms with Gasteiger partial charge in [0.2, 0.25) is 0 Å². The van der Waals surface area contributed by atoms with Crippen LogP contribution in [0.2, 0.25) is 0 Å². The summed E-state index contributed by atoms with van der Waals surface area (Å²) < 4.78 is 7.41. The van der Waals surface area contributed by atoms with E-state index >= 15 is 0 Å². The van der Waals surface area contributed by atoms with E-state index < -0.39 is 0 Å². The van der Waals surface area contributed by atoms with Crippen molar-refractivity contribution in [3.63, 3.8) is 0 Å². The maximum Gasteiger partial charge on any atom is 0.135 e. The Morgan fingerprint density at radius 2 is 1.95 bits per heavy atom. The number of rotatable bonds is 2. The van der Waals surface area contributed by atoms with Crippen LogP contribution in [0.25, 0.3) is 10.9 Å². The third kappa shape index (κ3) is 2.80. The highest BCUT2D eigenvalue weighted by Gasteiger charge is 2.71. The largest absolute Gasteiger partial charge is 0.358 e. The van der Waals surface area contributed by atoms with Gasteiger partial charge in [-0.1, -0.05) is 61.4 Å². The monoisotopic (exact) mass is 572 g/mol. The van der Waals surface area contributed by atoms with Crippen molar-refractivity contribution < 1.29 is 4.74 Å². The number of nitrogens with one attached hydrogen (secondary N) is 1. The summed E-state index contributed by atoms with van der Waals surface area (Å²) in [6.45, 7) is 9.40. The van der Waals surface area contributed by atoms with Crippen LogP contribution in [0.4, 0.5) is 5.69 Å². The third-order valence-corrected chi connectivity index (χ3v) is 14.5. The van der Waals surface area contributed by atoms with E-state index in [-0.39, 0.29) is 11.6 Å². The molecule has 6 saturated heterocycles. The molecule has 6 bridgehead atoms. The molecule has 3 aromatic rings. The van der Waals surface area contributed by atoms with Gasteiger partial charge in [-0.25, -0.2) is 0 Å². The number of aromatic nitrogens is 1. The zero-order valence-corrected chi connectivity index (χ0v) is 25.6. The molecule has 7 fully saturated rings. The fourth-order valence-corrected chi connectivity index (χ4v) is 13.0. The number of benzene rings is 2. The predicted molar refractivity (Wildman–Crippen MR) is 170 cm³/mol. The molecule has 12 atom stereocenters. The van der Waals surface area contributed by atoms with Gasteiger partial charge in [-0.3, -0.25) is 9.80 Å². The maximum absolute atomic E-state index is 7.41. The van der Waals surface area contributed by atoms with Gasteiger partial charge in [0.1, 0.15) is 6.23 Å². The zero-order valence-electron chi connectivity index (χ0n) is 25.6. The topological polar surface area (TPSA) is 34.7 Å². The average molecular weight is 573 g/mol. The van der Waals surface area contributed by atoms with Gasteiger partial charge in [-0.15, -0.1) is 0 Å². The summed E-state index contributed by atoms with van der Waals surface area (Å²) >= 11 is 0. The van der Waals surface area contributed by atoms with Crippen LogP contribution in [-0.2, 0) is 16.6 Å². The van der Waals surface area contributed by atoms with Crippen molar-refractivity contribution in [2.75, 3.05) is 31.1 Å². The van der Waals surface area contributed by atoms with Gasteiger partial charge in [-0.05, 0) is 80.2 Å². The second-order valence-corrected chi connectivity index (χ2v) is 15.4. The van der Waals surface area contributed by atoms with Crippen molar-refractivity contribution in [2.24, 2.45) is 29.6 Å². The second kappa shape index (κ2) is 8.35. The van der Waals surface area contributed by atoms with Crippen molar-refractivity contribution in [1.82, 2.24) is 14.8 Å². The van der Waals surface area contributed by atoms with Crippen LogP contribution in [-0.4, -0.2) is 65.4 Å². The van der Waals surface area contributed by atoms with Crippen molar-refractivity contribution in [1.29, 1.82) is 0 Å². The molecular formula is C38H44N4O. The SMILES string of the molecule is C/C=C1/CN2C3C[C@H]1C(C1OC[C@H]4C5CC6N(CC[C@@]67c6ccccc6N1C47)C[C@H]5CC)C2Cc1c3[nH]c2ccccc12. The van der Waals surface area contributed by atoms with Crippen LogP contribution in [0, 0.1) is 29.6 Å². The number of hydrogen-bond donors (Lipinski definition) is 1. The zero-order chi connectivity index (χ0) is 28.2. The standard InChI is InChI=1S/C38H44N4O/c1-3-21-18-40-14-13-38-28-10-6-8-12-30(28)42-36(38)27(24(21)17-33(38)40)20-43-37(42)34-25-15-32-35-26(23-9-5-7-11-29(23)39-35)16-31(34)41(32)19-22(25)4-2/h4-12,21,24-25,27,31-34,36-37,39H,3,13-20H2,1-2H3/b22-4-/t21-,24?,25-,27+,31?,32?,33?,34?,36?,37?,38-/m1/s1. The van der Waals surface area contributed by atoms with Gasteiger partial charge < -0.3 is 14.6 Å². The van der Waals surface area contributed by atoms with E-state index in [1.165, 1.54) is 61.1 Å². The van der Waals surface area contributed by atoms with Gasteiger partial charge in [0.15, 0.2) is 0 Å². The molecule has 1 saturated carbocycles. The summed E-state index contributed by atoms with van der Waals surface area (Å²) in [5, 5.41) is 1.45. The lowest BCUT2D eigenvalue weighted by Gasteiger charge is -2.65. The van der Waals surface area contributed by atoms with Crippen LogP contribution in [0.15, 0.2) is 60.2 Å². The molecule has 222 valence electrons. The quantitative estimate of drug-likeness (QED) is 0.368. The molecule has 1 aromatic heterocycles. The number of hydrogen-bond acceptors (Lipinski definition) is 4. The fourth-order valence-electron chi connectivity index (χ4n) is 13.0. The second-order valence-electron chi connectivity index (χ2n) is 15.4. The van der Waals surface area contributed by atoms with Gasteiger partial charge in [0.05, 0.1) is 12.6 Å². The van der Waals surface area contributed by atoms with Crippen LogP contribution in [0.3, 0.4) is 0 Å². The lowest BCUT2D eigenvalue weighted by Crippen LogP contribution is -2.73. The van der Waals surface area contributed by atoms with Crippen molar-refractivity contribution in [2.45, 2.75) is 81.8 Å². The highest BCUT2D eigenvalue weighted by molar-refractivity contribution is 5.85. The van der Waals surface area contributed by atoms with E-state index in [1.807, 2.05) is 0 Å². The first-order valence-corrected chi connectivity index (χ1v) is 17.4. The molecule has 12 rings (SSSR count). The molecule has 1 N–H and O–H groups in total. The van der Waals surface area contributed by atoms with Crippen molar-refractivity contribution in [3.8, 4) is 0 Å². The molecular weight excluding hydrogens is 528 g/mol. The van der Waals surface area contributed by atoms with E-state index in [4.69, 9.17) is 4.74 Å². The molecule has 5 nitrogen and oxygen atoms in total. The first-order valence-electron chi connectivity index (χ1n) is 17.4. The highest BCUT2D eigenvalue weighted by Crippen LogP contribution is 2.66. The Morgan fingerprint density at radius 3 is 2.86 bits per heavy atom. The Balaban J connectivity index is 1.07. The minimum Gasteiger partial charge on any atom is -0.358 e. The summed E-state index contributed by atoms with van der Waals surface area (Å²) in [6, 6.07) is 21.0. The first-order chi connectivity index (χ1) is 21.2. The lowest BCUT2D eigenvalue weighted by molar-refractivity contribution is -0.157. The molecule has 1 aliphatic carbocycles. The molecule has 1 spiro atoms. The minimum absolute atomic E-state index is 0.148. The molecule has 2 aromatic carbocycles. The van der Waals surface area contributed by atoms with Gasteiger partial charge >= 0.3 is 0 Å². The number of nitrogens with zero attached hydrogens (tertiary/aromatic N) is 3. The van der Waals surface area contributed by atoms with Gasteiger partial charge in [-0.2, -0.15) is 0 Å². The first kappa shape index (κ1) is 24.7. The average Bonchev–Trinajstić information content (AvgIpc) is 3.73. The number of anilines is 1. The number of allylic oxidation sites excluding steroid dienone is 1. The summed E-state index contributed by atoms with van der Waals surface area (Å²) in [6.07, 6.45) is 8.98. The highest BCUT2D eigenvalue weighted by atomic mass is 16.5. The molecule has 5 heteroatoms.